The fraction of sp³-hybridized carbons (Fsp3) is 0.610. The number of nitrogens with zero attached hydrogens (tertiary/aromatic N) is 1. The molecule has 4 amide bonds. The van der Waals surface area contributed by atoms with Crippen LogP contribution in [0.4, 0.5) is 0 Å². The second-order valence-corrected chi connectivity index (χ2v) is 15.7. The third-order valence-electron chi connectivity index (χ3n) is 10.5. The zero-order valence-corrected chi connectivity index (χ0v) is 31.6. The number of benzene rings is 2. The van der Waals surface area contributed by atoms with Crippen molar-refractivity contribution in [2.45, 2.75) is 129 Å². The Morgan fingerprint density at radius 1 is 0.981 bits per heavy atom. The van der Waals surface area contributed by atoms with E-state index in [2.05, 4.69) is 10.6 Å². The lowest BCUT2D eigenvalue weighted by Crippen LogP contribution is -2.69. The van der Waals surface area contributed by atoms with Crippen LogP contribution in [0.2, 0.25) is 0 Å². The normalized spacial score (nSPS) is 18.8. The van der Waals surface area contributed by atoms with E-state index in [1.807, 2.05) is 58.0 Å². The fourth-order valence-corrected chi connectivity index (χ4v) is 7.99. The molecule has 11 nitrogen and oxygen atoms in total. The first-order chi connectivity index (χ1) is 24.8. The molecule has 1 saturated carbocycles. The summed E-state index contributed by atoms with van der Waals surface area (Å²) < 4.78 is 6.14. The van der Waals surface area contributed by atoms with Gasteiger partial charge >= 0.3 is 0 Å². The summed E-state index contributed by atoms with van der Waals surface area (Å²) in [6, 6.07) is 12.5. The van der Waals surface area contributed by atoms with Gasteiger partial charge in [0.2, 0.25) is 23.6 Å². The molecule has 0 saturated heterocycles. The summed E-state index contributed by atoms with van der Waals surface area (Å²) >= 11 is 0. The highest BCUT2D eigenvalue weighted by Crippen LogP contribution is 2.47. The summed E-state index contributed by atoms with van der Waals surface area (Å²) in [5.41, 5.74) is 6.76. The molecule has 1 unspecified atom stereocenters. The van der Waals surface area contributed by atoms with Crippen LogP contribution in [-0.4, -0.2) is 75.6 Å². The predicted molar refractivity (Wildman–Crippen MR) is 200 cm³/mol. The Kier molecular flexibility index (Phi) is 14.8. The fourth-order valence-electron chi connectivity index (χ4n) is 7.99. The number of hydrogen-bond donors (Lipinski definition) is 5. The van der Waals surface area contributed by atoms with E-state index >= 15 is 4.79 Å². The zero-order chi connectivity index (χ0) is 38.0. The van der Waals surface area contributed by atoms with Crippen molar-refractivity contribution in [1.29, 1.82) is 0 Å². The largest absolute Gasteiger partial charge is 0.493 e. The molecular weight excluding hydrogens is 660 g/mol. The summed E-state index contributed by atoms with van der Waals surface area (Å²) in [5, 5.41) is 27.8. The Morgan fingerprint density at radius 2 is 1.67 bits per heavy atom. The number of fused-ring (bicyclic) bond motifs is 1. The van der Waals surface area contributed by atoms with Gasteiger partial charge in [0.1, 0.15) is 11.3 Å². The Labute approximate surface area is 309 Å². The molecule has 2 aromatic carbocycles. The van der Waals surface area contributed by atoms with E-state index in [0.717, 1.165) is 42.6 Å². The number of carbonyl (C=O) groups excluding carboxylic acids is 4. The molecule has 11 heteroatoms. The van der Waals surface area contributed by atoms with Gasteiger partial charge in [0.15, 0.2) is 0 Å². The molecule has 0 spiro atoms. The standard InChI is InChI=1S/C41H60N4O7/c1-26(2)22-41(33-25-52-37-17-16-31(24-46)18-32(33)37,45(28(5)47)39(50)34(42)19-29-12-8-6-9-13-29)40(51)44-35(20-30-14-10-7-11-15-30)36(48)21-38(49)43-23-27(3)4/h6,8-9,12-13,16-18,26-27,30,33-36,46,48H,7,10-11,14-15,19-25,42H2,1-5H3,(H,43,49)(H,44,51)/t33?,34-,35-,36-,41-/m0/s1. The van der Waals surface area contributed by atoms with E-state index in [-0.39, 0.29) is 56.1 Å². The van der Waals surface area contributed by atoms with E-state index < -0.39 is 47.4 Å². The van der Waals surface area contributed by atoms with E-state index in [9.17, 15) is 24.6 Å². The van der Waals surface area contributed by atoms with Crippen molar-refractivity contribution in [2.24, 2.45) is 23.5 Å². The molecule has 1 fully saturated rings. The molecule has 1 aliphatic heterocycles. The average molecular weight is 721 g/mol. The molecule has 0 aromatic heterocycles. The van der Waals surface area contributed by atoms with Gasteiger partial charge in [-0.2, -0.15) is 0 Å². The van der Waals surface area contributed by atoms with Crippen LogP contribution in [0, 0.1) is 17.8 Å². The molecule has 0 radical (unpaired) electrons. The number of aliphatic hydroxyl groups is 2. The molecule has 1 aliphatic carbocycles. The number of amides is 4. The smallest absolute Gasteiger partial charge is 0.247 e. The zero-order valence-electron chi connectivity index (χ0n) is 31.6. The van der Waals surface area contributed by atoms with Crippen LogP contribution >= 0.6 is 0 Å². The third-order valence-corrected chi connectivity index (χ3v) is 10.5. The van der Waals surface area contributed by atoms with Crippen molar-refractivity contribution in [1.82, 2.24) is 15.5 Å². The summed E-state index contributed by atoms with van der Waals surface area (Å²) in [6.07, 6.45) is 4.32. The number of hydrogen-bond acceptors (Lipinski definition) is 8. The van der Waals surface area contributed by atoms with Gasteiger partial charge in [-0.05, 0) is 60.3 Å². The average Bonchev–Trinajstić information content (AvgIpc) is 3.54. The first-order valence-electron chi connectivity index (χ1n) is 19.0. The Morgan fingerprint density at radius 3 is 2.29 bits per heavy atom. The van der Waals surface area contributed by atoms with E-state index in [0.29, 0.717) is 29.8 Å². The lowest BCUT2D eigenvalue weighted by Gasteiger charge is -2.47. The van der Waals surface area contributed by atoms with Crippen LogP contribution in [0.1, 0.15) is 109 Å². The monoisotopic (exact) mass is 720 g/mol. The molecule has 1 heterocycles. The van der Waals surface area contributed by atoms with Crippen LogP contribution in [0.25, 0.3) is 0 Å². The number of nitrogens with two attached hydrogens (primary N) is 1. The molecule has 286 valence electrons. The number of rotatable bonds is 17. The predicted octanol–water partition coefficient (Wildman–Crippen LogP) is 4.36. The topological polar surface area (TPSA) is 171 Å². The van der Waals surface area contributed by atoms with Gasteiger partial charge in [0.25, 0.3) is 0 Å². The van der Waals surface area contributed by atoms with Crippen molar-refractivity contribution in [3.05, 3.63) is 65.2 Å². The maximum absolute atomic E-state index is 15.4. The van der Waals surface area contributed by atoms with E-state index in [1.54, 1.807) is 18.2 Å². The summed E-state index contributed by atoms with van der Waals surface area (Å²) in [4.78, 5) is 58.0. The highest BCUT2D eigenvalue weighted by atomic mass is 16.5. The van der Waals surface area contributed by atoms with Gasteiger partial charge in [-0.3, -0.25) is 24.1 Å². The van der Waals surface area contributed by atoms with E-state index in [1.165, 1.54) is 6.92 Å². The number of nitrogens with one attached hydrogen (secondary N) is 2. The number of carbonyl (C=O) groups is 4. The lowest BCUT2D eigenvalue weighted by molar-refractivity contribution is -0.162. The van der Waals surface area contributed by atoms with Gasteiger partial charge < -0.3 is 31.3 Å². The van der Waals surface area contributed by atoms with Gasteiger partial charge in [0, 0.05) is 19.0 Å². The van der Waals surface area contributed by atoms with Crippen LogP contribution < -0.4 is 21.1 Å². The SMILES string of the molecule is CC(=O)N(C(=O)[C@@H](N)Cc1ccccc1)[C@](CC(C)C)(C(=O)N[C@@H](CC1CCCCC1)[C@@H](O)CC(=O)NCC(C)C)C1COc2ccc(CO)cc21. The van der Waals surface area contributed by atoms with Crippen molar-refractivity contribution < 1.29 is 34.1 Å². The Balaban J connectivity index is 1.83. The van der Waals surface area contributed by atoms with Gasteiger partial charge in [0.05, 0.1) is 43.7 Å². The molecule has 0 bridgehead atoms. The maximum Gasteiger partial charge on any atom is 0.247 e. The highest BCUT2D eigenvalue weighted by molar-refractivity contribution is 6.04. The van der Waals surface area contributed by atoms with Crippen LogP contribution in [0.3, 0.4) is 0 Å². The first kappa shape index (κ1) is 41.0. The molecular formula is C41H60N4O7. The number of ether oxygens (including phenoxy) is 1. The minimum Gasteiger partial charge on any atom is -0.493 e. The number of aliphatic hydroxyl groups excluding tert-OH is 2. The molecule has 52 heavy (non-hydrogen) atoms. The minimum absolute atomic E-state index is 0.0111. The third kappa shape index (κ3) is 10.2. The lowest BCUT2D eigenvalue weighted by atomic mass is 9.72. The minimum atomic E-state index is -1.84. The summed E-state index contributed by atoms with van der Waals surface area (Å²) in [7, 11) is 0. The molecule has 6 N–H and O–H groups in total. The summed E-state index contributed by atoms with van der Waals surface area (Å²) in [6.45, 7) is 9.27. The number of imide groups is 1. The maximum atomic E-state index is 15.4. The van der Waals surface area contributed by atoms with Crippen molar-refractivity contribution in [3.63, 3.8) is 0 Å². The van der Waals surface area contributed by atoms with Crippen molar-refractivity contribution >= 4 is 23.6 Å². The summed E-state index contributed by atoms with van der Waals surface area (Å²) in [5.74, 6) is -2.36. The highest BCUT2D eigenvalue weighted by Gasteiger charge is 2.58. The Hall–Kier alpha value is -3.80. The van der Waals surface area contributed by atoms with Gasteiger partial charge in [-0.25, -0.2) is 0 Å². The van der Waals surface area contributed by atoms with Crippen LogP contribution in [-0.2, 0) is 32.2 Å². The van der Waals surface area contributed by atoms with Gasteiger partial charge in [-0.15, -0.1) is 0 Å². The molecule has 5 atom stereocenters. The van der Waals surface area contributed by atoms with Crippen molar-refractivity contribution in [3.8, 4) is 5.75 Å². The first-order valence-corrected chi connectivity index (χ1v) is 19.0. The molecule has 2 aliphatic rings. The van der Waals surface area contributed by atoms with Crippen LogP contribution in [0.15, 0.2) is 48.5 Å². The second-order valence-electron chi connectivity index (χ2n) is 15.7. The second kappa shape index (κ2) is 18.8. The Bertz CT molecular complexity index is 1510. The van der Waals surface area contributed by atoms with Crippen molar-refractivity contribution in [2.75, 3.05) is 13.2 Å². The van der Waals surface area contributed by atoms with Crippen LogP contribution in [0.5, 0.6) is 5.75 Å². The van der Waals surface area contributed by atoms with Gasteiger partial charge in [-0.1, -0.05) is 96.2 Å². The molecule has 4 rings (SSSR count). The molecule has 2 aromatic rings. The quantitative estimate of drug-likeness (QED) is 0.161. The van der Waals surface area contributed by atoms with E-state index in [4.69, 9.17) is 10.5 Å².